The number of furan rings is 1. The summed E-state index contributed by atoms with van der Waals surface area (Å²) in [5, 5.41) is 5.11. The molecule has 0 aliphatic rings. The van der Waals surface area contributed by atoms with Gasteiger partial charge >= 0.3 is 0 Å². The van der Waals surface area contributed by atoms with Gasteiger partial charge in [0.1, 0.15) is 11.3 Å². The highest BCUT2D eigenvalue weighted by molar-refractivity contribution is 9.10. The SMILES string of the molecule is Clc1cccc(NCc2cc3ccccc3o2)c1Br. The minimum absolute atomic E-state index is 0.619. The first kappa shape index (κ1) is 12.6. The van der Waals surface area contributed by atoms with Gasteiger partial charge in [-0.15, -0.1) is 0 Å². The van der Waals surface area contributed by atoms with Gasteiger partial charge in [0.15, 0.2) is 0 Å². The van der Waals surface area contributed by atoms with E-state index in [-0.39, 0.29) is 0 Å². The first-order valence-corrected chi connectivity index (χ1v) is 7.06. The van der Waals surface area contributed by atoms with Crippen LogP contribution in [0.25, 0.3) is 11.0 Å². The Labute approximate surface area is 124 Å². The zero-order valence-corrected chi connectivity index (χ0v) is 12.3. The monoisotopic (exact) mass is 335 g/mol. The summed E-state index contributed by atoms with van der Waals surface area (Å²) >= 11 is 9.51. The molecule has 0 amide bonds. The third-order valence-electron chi connectivity index (χ3n) is 2.88. The highest BCUT2D eigenvalue weighted by atomic mass is 79.9. The van der Waals surface area contributed by atoms with Gasteiger partial charge in [0, 0.05) is 5.39 Å². The van der Waals surface area contributed by atoms with E-state index in [4.69, 9.17) is 16.0 Å². The van der Waals surface area contributed by atoms with Crippen LogP contribution in [0.1, 0.15) is 5.76 Å². The van der Waals surface area contributed by atoms with E-state index in [0.717, 1.165) is 26.9 Å². The summed E-state index contributed by atoms with van der Waals surface area (Å²) < 4.78 is 6.62. The molecule has 1 N–H and O–H groups in total. The van der Waals surface area contributed by atoms with Crippen molar-refractivity contribution in [1.29, 1.82) is 0 Å². The molecule has 2 nitrogen and oxygen atoms in total. The van der Waals surface area contributed by atoms with E-state index in [0.29, 0.717) is 11.6 Å². The van der Waals surface area contributed by atoms with Gasteiger partial charge in [-0.05, 0) is 40.2 Å². The minimum atomic E-state index is 0.619. The number of hydrogen-bond donors (Lipinski definition) is 1. The standard InChI is InChI=1S/C15H11BrClNO/c16-15-12(17)5-3-6-13(15)18-9-11-8-10-4-1-2-7-14(10)19-11/h1-8,18H,9H2. The van der Waals surface area contributed by atoms with Crippen LogP contribution in [0.5, 0.6) is 0 Å². The van der Waals surface area contributed by atoms with E-state index in [9.17, 15) is 0 Å². The van der Waals surface area contributed by atoms with Gasteiger partial charge in [-0.2, -0.15) is 0 Å². The molecular formula is C15H11BrClNO. The van der Waals surface area contributed by atoms with E-state index in [1.165, 1.54) is 0 Å². The van der Waals surface area contributed by atoms with Gasteiger partial charge in [0.05, 0.1) is 21.7 Å². The molecule has 3 aromatic rings. The van der Waals surface area contributed by atoms with Gasteiger partial charge in [-0.3, -0.25) is 0 Å². The van der Waals surface area contributed by atoms with Crippen LogP contribution in [0.2, 0.25) is 5.02 Å². The average molecular weight is 337 g/mol. The molecule has 0 spiro atoms. The molecule has 1 aromatic heterocycles. The van der Waals surface area contributed by atoms with Crippen molar-refractivity contribution in [3.05, 3.63) is 63.8 Å². The van der Waals surface area contributed by atoms with Crippen molar-refractivity contribution in [3.63, 3.8) is 0 Å². The number of para-hydroxylation sites is 1. The Morgan fingerprint density at radius 1 is 1.11 bits per heavy atom. The maximum atomic E-state index is 6.05. The first-order valence-electron chi connectivity index (χ1n) is 5.89. The third-order valence-corrected chi connectivity index (χ3v) is 4.28. The molecule has 96 valence electrons. The Morgan fingerprint density at radius 2 is 1.95 bits per heavy atom. The molecule has 3 rings (SSSR count). The fraction of sp³-hybridized carbons (Fsp3) is 0.0667. The van der Waals surface area contributed by atoms with Crippen molar-refractivity contribution < 1.29 is 4.42 Å². The van der Waals surface area contributed by atoms with E-state index in [2.05, 4.69) is 21.2 Å². The van der Waals surface area contributed by atoms with Crippen molar-refractivity contribution >= 4 is 44.2 Å². The van der Waals surface area contributed by atoms with Crippen molar-refractivity contribution in [1.82, 2.24) is 0 Å². The normalized spacial score (nSPS) is 10.8. The number of fused-ring (bicyclic) bond motifs is 1. The fourth-order valence-corrected chi connectivity index (χ4v) is 2.53. The number of nitrogens with one attached hydrogen (secondary N) is 1. The molecule has 19 heavy (non-hydrogen) atoms. The molecule has 0 unspecified atom stereocenters. The molecule has 0 bridgehead atoms. The van der Waals surface area contributed by atoms with Gasteiger partial charge in [-0.1, -0.05) is 35.9 Å². The summed E-state index contributed by atoms with van der Waals surface area (Å²) in [5.74, 6) is 0.896. The van der Waals surface area contributed by atoms with E-state index in [1.807, 2.05) is 48.5 Å². The molecule has 0 aliphatic carbocycles. The second-order valence-electron chi connectivity index (χ2n) is 4.21. The van der Waals surface area contributed by atoms with Crippen LogP contribution in [-0.2, 0) is 6.54 Å². The van der Waals surface area contributed by atoms with Gasteiger partial charge < -0.3 is 9.73 Å². The first-order chi connectivity index (χ1) is 9.24. The molecular weight excluding hydrogens is 326 g/mol. The Bertz CT molecular complexity index is 690. The largest absolute Gasteiger partial charge is 0.459 e. The van der Waals surface area contributed by atoms with Crippen LogP contribution in [0.3, 0.4) is 0 Å². The minimum Gasteiger partial charge on any atom is -0.459 e. The zero-order chi connectivity index (χ0) is 13.2. The van der Waals surface area contributed by atoms with Crippen LogP contribution in [0, 0.1) is 0 Å². The van der Waals surface area contributed by atoms with Gasteiger partial charge in [0.25, 0.3) is 0 Å². The Morgan fingerprint density at radius 3 is 2.79 bits per heavy atom. The smallest absolute Gasteiger partial charge is 0.134 e. The third kappa shape index (κ3) is 2.62. The molecule has 1 heterocycles. The van der Waals surface area contributed by atoms with Crippen LogP contribution < -0.4 is 5.32 Å². The lowest BCUT2D eigenvalue weighted by Crippen LogP contribution is -1.98. The van der Waals surface area contributed by atoms with Crippen LogP contribution in [0.15, 0.2) is 57.4 Å². The lowest BCUT2D eigenvalue weighted by molar-refractivity contribution is 0.559. The van der Waals surface area contributed by atoms with Crippen molar-refractivity contribution in [2.24, 2.45) is 0 Å². The van der Waals surface area contributed by atoms with E-state index >= 15 is 0 Å². The Hall–Kier alpha value is -1.45. The molecule has 0 atom stereocenters. The molecule has 0 saturated heterocycles. The molecule has 4 heteroatoms. The zero-order valence-electron chi connectivity index (χ0n) is 9.99. The summed E-state index contributed by atoms with van der Waals surface area (Å²) in [4.78, 5) is 0. The second-order valence-corrected chi connectivity index (χ2v) is 5.41. The summed E-state index contributed by atoms with van der Waals surface area (Å²) in [7, 11) is 0. The summed E-state index contributed by atoms with van der Waals surface area (Å²) in [6, 6.07) is 15.7. The predicted molar refractivity (Wildman–Crippen MR) is 82.7 cm³/mol. The lowest BCUT2D eigenvalue weighted by atomic mass is 10.2. The van der Waals surface area contributed by atoms with Crippen LogP contribution >= 0.6 is 27.5 Å². The van der Waals surface area contributed by atoms with Crippen molar-refractivity contribution in [2.45, 2.75) is 6.54 Å². The van der Waals surface area contributed by atoms with Gasteiger partial charge in [0.2, 0.25) is 0 Å². The quantitative estimate of drug-likeness (QED) is 0.687. The van der Waals surface area contributed by atoms with Crippen LogP contribution in [-0.4, -0.2) is 0 Å². The molecule has 0 aliphatic heterocycles. The number of anilines is 1. The Kier molecular flexibility index (Phi) is 3.49. The Balaban J connectivity index is 1.80. The number of hydrogen-bond acceptors (Lipinski definition) is 2. The number of rotatable bonds is 3. The lowest BCUT2D eigenvalue weighted by Gasteiger charge is -2.07. The van der Waals surface area contributed by atoms with Crippen molar-refractivity contribution in [3.8, 4) is 0 Å². The molecule has 0 fully saturated rings. The average Bonchev–Trinajstić information content (AvgIpc) is 2.83. The van der Waals surface area contributed by atoms with Crippen LogP contribution in [0.4, 0.5) is 5.69 Å². The topological polar surface area (TPSA) is 25.2 Å². The maximum absolute atomic E-state index is 6.05. The fourth-order valence-electron chi connectivity index (χ4n) is 1.95. The van der Waals surface area contributed by atoms with Crippen molar-refractivity contribution in [2.75, 3.05) is 5.32 Å². The maximum Gasteiger partial charge on any atom is 0.134 e. The summed E-state index contributed by atoms with van der Waals surface area (Å²) in [6.07, 6.45) is 0. The molecule has 0 saturated carbocycles. The highest BCUT2D eigenvalue weighted by Crippen LogP contribution is 2.30. The van der Waals surface area contributed by atoms with E-state index < -0.39 is 0 Å². The summed E-state index contributed by atoms with van der Waals surface area (Å²) in [6.45, 7) is 0.619. The number of halogens is 2. The molecule has 0 radical (unpaired) electrons. The highest BCUT2D eigenvalue weighted by Gasteiger charge is 2.06. The second kappa shape index (κ2) is 5.27. The molecule has 2 aromatic carbocycles. The number of benzene rings is 2. The summed E-state index contributed by atoms with van der Waals surface area (Å²) in [5.41, 5.74) is 1.86. The predicted octanol–water partition coefficient (Wildman–Crippen LogP) is 5.46. The van der Waals surface area contributed by atoms with E-state index in [1.54, 1.807) is 0 Å². The van der Waals surface area contributed by atoms with Gasteiger partial charge in [-0.25, -0.2) is 0 Å².